The average molecular weight is 863 g/mol. The topological polar surface area (TPSA) is 196 Å². The summed E-state index contributed by atoms with van der Waals surface area (Å²) in [6, 6.07) is 6.81. The molecule has 0 saturated carbocycles. The minimum Gasteiger partial charge on any atom is -0.444 e. The van der Waals surface area contributed by atoms with Crippen molar-refractivity contribution in [3.63, 3.8) is 0 Å². The zero-order chi connectivity index (χ0) is 43.2. The zero-order valence-corrected chi connectivity index (χ0v) is 36.0. The number of fused-ring (bicyclic) bond motifs is 1. The van der Waals surface area contributed by atoms with Gasteiger partial charge in [-0.1, -0.05) is 12.1 Å². The third kappa shape index (κ3) is 29.4. The molecular formula is C41H70N2O17. The number of hydrogen-bond donors (Lipinski definition) is 1. The van der Waals surface area contributed by atoms with E-state index >= 15 is 0 Å². The van der Waals surface area contributed by atoms with Crippen LogP contribution in [0.25, 0.3) is 0 Å². The van der Waals surface area contributed by atoms with Crippen LogP contribution in [0.5, 0.6) is 0 Å². The number of nitrogens with one attached hydrogen (secondary N) is 1. The Morgan fingerprint density at radius 2 is 0.683 bits per heavy atom. The highest BCUT2D eigenvalue weighted by Crippen LogP contribution is 2.21. The second kappa shape index (κ2) is 36.7. The molecule has 0 aliphatic carbocycles. The molecule has 0 radical (unpaired) electrons. The highest BCUT2D eigenvalue weighted by atomic mass is 16.6. The van der Waals surface area contributed by atoms with Gasteiger partial charge >= 0.3 is 6.09 Å². The maximum absolute atomic E-state index is 12.3. The molecule has 1 aliphatic heterocycles. The normalized spacial score (nSPS) is 12.8. The summed E-state index contributed by atoms with van der Waals surface area (Å²) in [6.45, 7) is 17.6. The van der Waals surface area contributed by atoms with Crippen LogP contribution >= 0.6 is 0 Å². The van der Waals surface area contributed by atoms with Gasteiger partial charge in [0.1, 0.15) is 5.60 Å². The highest BCUT2D eigenvalue weighted by Gasteiger charge is 2.34. The van der Waals surface area contributed by atoms with Gasteiger partial charge in [-0.05, 0) is 32.9 Å². The molecule has 0 atom stereocenters. The number of rotatable bonds is 42. The van der Waals surface area contributed by atoms with Crippen molar-refractivity contribution in [1.82, 2.24) is 10.2 Å². The molecule has 19 nitrogen and oxygen atoms in total. The second-order valence-electron chi connectivity index (χ2n) is 13.7. The predicted octanol–water partition coefficient (Wildman–Crippen LogP) is 2.02. The molecule has 0 spiro atoms. The third-order valence-corrected chi connectivity index (χ3v) is 7.72. The van der Waals surface area contributed by atoms with Crippen LogP contribution in [0, 0.1) is 0 Å². The summed E-state index contributed by atoms with van der Waals surface area (Å²) >= 11 is 0. The number of nitrogens with zero attached hydrogens (tertiary/aromatic N) is 1. The van der Waals surface area contributed by atoms with Gasteiger partial charge in [0.15, 0.2) is 0 Å². The van der Waals surface area contributed by atoms with Crippen molar-refractivity contribution in [2.75, 3.05) is 185 Å². The van der Waals surface area contributed by atoms with Gasteiger partial charge in [-0.2, -0.15) is 0 Å². The second-order valence-corrected chi connectivity index (χ2v) is 13.7. The number of carbonyl (C=O) groups is 3. The number of imide groups is 1. The molecule has 3 amide bonds. The molecule has 0 unspecified atom stereocenters. The largest absolute Gasteiger partial charge is 0.444 e. The molecule has 60 heavy (non-hydrogen) atoms. The third-order valence-electron chi connectivity index (χ3n) is 7.72. The monoisotopic (exact) mass is 862 g/mol. The molecular weight excluding hydrogens is 792 g/mol. The van der Waals surface area contributed by atoms with E-state index in [4.69, 9.17) is 66.3 Å². The van der Waals surface area contributed by atoms with Crippen LogP contribution in [-0.2, 0) is 66.3 Å². The van der Waals surface area contributed by atoms with Gasteiger partial charge in [0.25, 0.3) is 11.8 Å². The van der Waals surface area contributed by atoms with Crippen molar-refractivity contribution < 1.29 is 80.7 Å². The molecule has 0 saturated heterocycles. The number of ether oxygens (including phenoxy) is 14. The summed E-state index contributed by atoms with van der Waals surface area (Å²) < 4.78 is 76.3. The van der Waals surface area contributed by atoms with E-state index in [9.17, 15) is 14.4 Å². The zero-order valence-electron chi connectivity index (χ0n) is 36.0. The minimum absolute atomic E-state index is 0.208. The minimum atomic E-state index is -0.519. The molecule has 0 bridgehead atoms. The Kier molecular flexibility index (Phi) is 32.6. The summed E-state index contributed by atoms with van der Waals surface area (Å²) in [6.07, 6.45) is -0.459. The first-order valence-corrected chi connectivity index (χ1v) is 20.7. The van der Waals surface area contributed by atoms with Crippen LogP contribution in [0.4, 0.5) is 4.79 Å². The van der Waals surface area contributed by atoms with Crippen molar-refractivity contribution in [2.24, 2.45) is 0 Å². The Morgan fingerprint density at radius 1 is 0.433 bits per heavy atom. The molecule has 2 rings (SSSR count). The van der Waals surface area contributed by atoms with Crippen LogP contribution in [-0.4, -0.2) is 213 Å². The Morgan fingerprint density at radius 3 is 0.950 bits per heavy atom. The van der Waals surface area contributed by atoms with Crippen molar-refractivity contribution in [1.29, 1.82) is 0 Å². The molecule has 1 N–H and O–H groups in total. The first-order chi connectivity index (χ1) is 29.3. The van der Waals surface area contributed by atoms with Crippen molar-refractivity contribution in [3.8, 4) is 0 Å². The lowest BCUT2D eigenvalue weighted by atomic mass is 10.1. The lowest BCUT2D eigenvalue weighted by Gasteiger charge is -2.19. The van der Waals surface area contributed by atoms with E-state index in [1.165, 1.54) is 4.90 Å². The smallest absolute Gasteiger partial charge is 0.407 e. The predicted molar refractivity (Wildman–Crippen MR) is 217 cm³/mol. The molecule has 0 aromatic heterocycles. The van der Waals surface area contributed by atoms with Crippen molar-refractivity contribution >= 4 is 17.9 Å². The fourth-order valence-electron chi connectivity index (χ4n) is 4.88. The van der Waals surface area contributed by atoms with Crippen LogP contribution in [0.3, 0.4) is 0 Å². The number of amides is 3. The molecule has 19 heteroatoms. The van der Waals surface area contributed by atoms with E-state index in [0.29, 0.717) is 183 Å². The van der Waals surface area contributed by atoms with Gasteiger partial charge < -0.3 is 71.6 Å². The Labute approximate surface area is 355 Å². The average Bonchev–Trinajstić information content (AvgIpc) is 3.46. The van der Waals surface area contributed by atoms with E-state index in [-0.39, 0.29) is 25.0 Å². The molecule has 0 fully saturated rings. The maximum Gasteiger partial charge on any atom is 0.407 e. The molecule has 1 aliphatic rings. The van der Waals surface area contributed by atoms with Gasteiger partial charge in [0.05, 0.1) is 189 Å². The van der Waals surface area contributed by atoms with E-state index in [1.54, 1.807) is 24.3 Å². The number of carbonyl (C=O) groups excluding carboxylic acids is 3. The lowest BCUT2D eigenvalue weighted by molar-refractivity contribution is -0.0290. The SMILES string of the molecule is CC(C)(C)OC(=O)NCCOCCOCCOCCOCCOCCOCCOCCOCCOCCOCCOCCOCCOCCN1C(=O)c2ccccc2C1=O. The first-order valence-electron chi connectivity index (χ1n) is 20.7. The van der Waals surface area contributed by atoms with Gasteiger partial charge in [-0.3, -0.25) is 14.5 Å². The quantitative estimate of drug-likeness (QED) is 0.0740. The van der Waals surface area contributed by atoms with E-state index < -0.39 is 11.7 Å². The molecule has 1 aromatic rings. The van der Waals surface area contributed by atoms with Crippen molar-refractivity contribution in [3.05, 3.63) is 35.4 Å². The maximum atomic E-state index is 12.3. The van der Waals surface area contributed by atoms with Crippen LogP contribution in [0.1, 0.15) is 41.5 Å². The Bertz CT molecular complexity index is 1190. The Balaban J connectivity index is 1.14. The van der Waals surface area contributed by atoms with Crippen LogP contribution in [0.2, 0.25) is 0 Å². The fourth-order valence-corrected chi connectivity index (χ4v) is 4.88. The number of benzene rings is 1. The van der Waals surface area contributed by atoms with Gasteiger partial charge in [0, 0.05) is 6.54 Å². The van der Waals surface area contributed by atoms with Gasteiger partial charge in [-0.15, -0.1) is 0 Å². The summed E-state index contributed by atoms with van der Waals surface area (Å²) in [5.41, 5.74) is 0.355. The first kappa shape index (κ1) is 53.2. The number of hydrogen-bond acceptors (Lipinski definition) is 17. The van der Waals surface area contributed by atoms with Gasteiger partial charge in [0.2, 0.25) is 0 Å². The summed E-state index contributed by atoms with van der Waals surface area (Å²) in [7, 11) is 0. The standard InChI is InChI=1S/C41H70N2O17/c1-41(2,3)60-40(46)42-8-10-47-12-14-49-16-18-51-20-22-53-24-26-55-28-30-57-32-34-59-35-33-58-31-29-56-27-25-54-23-21-52-19-17-50-15-13-48-11-9-43-38(44)36-6-4-5-7-37(36)39(43)45/h4-7H,8-35H2,1-3H3,(H,42,46). The highest BCUT2D eigenvalue weighted by molar-refractivity contribution is 6.21. The van der Waals surface area contributed by atoms with E-state index in [2.05, 4.69) is 5.32 Å². The van der Waals surface area contributed by atoms with Crippen LogP contribution < -0.4 is 5.32 Å². The molecule has 346 valence electrons. The lowest BCUT2D eigenvalue weighted by Crippen LogP contribution is -2.34. The molecule has 1 heterocycles. The fraction of sp³-hybridized carbons (Fsp3) is 0.780. The summed E-state index contributed by atoms with van der Waals surface area (Å²) in [4.78, 5) is 37.4. The van der Waals surface area contributed by atoms with E-state index in [0.717, 1.165) is 0 Å². The van der Waals surface area contributed by atoms with E-state index in [1.807, 2.05) is 20.8 Å². The van der Waals surface area contributed by atoms with Crippen LogP contribution in [0.15, 0.2) is 24.3 Å². The summed E-state index contributed by atoms with van der Waals surface area (Å²) in [5.74, 6) is -0.565. The number of alkyl carbamates (subject to hydrolysis) is 1. The summed E-state index contributed by atoms with van der Waals surface area (Å²) in [5, 5.41) is 2.63. The Hall–Kier alpha value is -2.89. The van der Waals surface area contributed by atoms with Gasteiger partial charge in [-0.25, -0.2) is 4.79 Å². The molecule has 1 aromatic carbocycles. The van der Waals surface area contributed by atoms with Crippen molar-refractivity contribution in [2.45, 2.75) is 26.4 Å².